The maximum absolute atomic E-state index is 6.46. The molecule has 0 aliphatic rings. The van der Waals surface area contributed by atoms with Gasteiger partial charge in [-0.2, -0.15) is 0 Å². The first-order valence-electron chi connectivity index (χ1n) is 38.8. The lowest BCUT2D eigenvalue weighted by Gasteiger charge is -2.10. The fourth-order valence-electron chi connectivity index (χ4n) is 17.0. The van der Waals surface area contributed by atoms with Gasteiger partial charge in [0.25, 0.3) is 0 Å². The van der Waals surface area contributed by atoms with Crippen LogP contribution in [0.4, 0.5) is 0 Å². The molecule has 116 heavy (non-hydrogen) atoms. The topological polar surface area (TPSA) is 104 Å². The Labute approximate surface area is 672 Å². The van der Waals surface area contributed by atoms with Crippen LogP contribution in [0.5, 0.6) is 0 Å². The SMILES string of the molecule is c1ccc(-c2nc(-c3ccc(-c4cccc5oc6ccc(-c7ccc8ccc9ccccc9c8c7)cc6c45)cc3)nc(-c3ccc4sc5ccccc5c4c3)n2)cc1.c1ccc(-c2nc(-c3ccc(-c4cccc5oc6ccc(-c7ccc8ccc9ccccc9c8c7)cc6c45)cc3)nc(-c3cccc4sc5ccccc5c34)n2)cc1. The molecule has 0 spiro atoms. The normalized spacial score (nSPS) is 11.8. The van der Waals surface area contributed by atoms with E-state index in [0.29, 0.717) is 34.9 Å². The molecule has 18 aromatic carbocycles. The van der Waals surface area contributed by atoms with Crippen molar-refractivity contribution in [3.63, 3.8) is 0 Å². The predicted octanol–water partition coefficient (Wildman–Crippen LogP) is 29.6. The number of rotatable bonds is 10. The van der Waals surface area contributed by atoms with Crippen molar-refractivity contribution in [2.24, 2.45) is 0 Å². The summed E-state index contributed by atoms with van der Waals surface area (Å²) in [5, 5.41) is 19.2. The maximum Gasteiger partial charge on any atom is 0.164 e. The molecule has 0 fully saturated rings. The van der Waals surface area contributed by atoms with Crippen LogP contribution in [-0.2, 0) is 0 Å². The third-order valence-electron chi connectivity index (χ3n) is 22.7. The van der Waals surface area contributed by atoms with Crippen LogP contribution in [0.2, 0.25) is 0 Å². The Hall–Kier alpha value is -14.9. The zero-order valence-corrected chi connectivity index (χ0v) is 63.7. The van der Waals surface area contributed by atoms with Gasteiger partial charge in [0.2, 0.25) is 0 Å². The van der Waals surface area contributed by atoms with Gasteiger partial charge >= 0.3 is 0 Å². The van der Waals surface area contributed by atoms with Gasteiger partial charge in [-0.05, 0) is 173 Å². The van der Waals surface area contributed by atoms with E-state index < -0.39 is 0 Å². The molecule has 0 amide bonds. The van der Waals surface area contributed by atoms with Crippen molar-refractivity contribution in [1.29, 1.82) is 0 Å². The van der Waals surface area contributed by atoms with E-state index in [2.05, 4.69) is 328 Å². The highest BCUT2D eigenvalue weighted by atomic mass is 32.1. The summed E-state index contributed by atoms with van der Waals surface area (Å²) < 4.78 is 17.9. The summed E-state index contributed by atoms with van der Waals surface area (Å²) >= 11 is 3.60. The fourth-order valence-corrected chi connectivity index (χ4v) is 19.2. The number of aromatic nitrogens is 6. The predicted molar refractivity (Wildman–Crippen MR) is 484 cm³/mol. The molecule has 6 heterocycles. The van der Waals surface area contributed by atoms with Gasteiger partial charge in [0.1, 0.15) is 22.3 Å². The summed E-state index contributed by atoms with van der Waals surface area (Å²) in [6.07, 6.45) is 0. The minimum atomic E-state index is 0.630. The summed E-state index contributed by atoms with van der Waals surface area (Å²) in [5.41, 5.74) is 18.2. The Kier molecular flexibility index (Phi) is 15.8. The molecule has 24 rings (SSSR count). The van der Waals surface area contributed by atoms with Gasteiger partial charge in [-0.3, -0.25) is 0 Å². The summed E-state index contributed by atoms with van der Waals surface area (Å²) in [6, 6.07) is 133. The molecule has 0 atom stereocenters. The van der Waals surface area contributed by atoms with Crippen LogP contribution >= 0.6 is 22.7 Å². The standard InChI is InChI=1S/2C53H31N3OS/c1-2-11-35(12-3-1)51-54-52(56-53(55-51)42-16-9-19-48-50(42)41-14-6-7-18-47(41)58-48)36-25-22-33(23-26-36)40-15-8-17-46-49(40)44-31-38(28-29-45(44)57-46)37-27-24-34-21-20-32-10-4-5-13-39(32)43(34)30-37;1-2-10-35(11-3-1)51-54-52(56-53(55-51)39-26-28-49-44(31-39)42-13-6-7-16-48(42)58-49)36-22-19-33(20-23-36)41-14-8-15-47-50(41)45-30-38(25-27-46(45)57-47)37-24-21-34-18-17-32-9-4-5-12-40(32)43(34)29-37/h2*1-31H. The van der Waals surface area contributed by atoms with E-state index in [4.69, 9.17) is 38.7 Å². The molecule has 0 bridgehead atoms. The number of fused-ring (bicyclic) bond motifs is 18. The van der Waals surface area contributed by atoms with Crippen molar-refractivity contribution in [3.8, 4) is 113 Å². The number of nitrogens with zero attached hydrogens (tertiary/aromatic N) is 6. The lowest BCUT2D eigenvalue weighted by Crippen LogP contribution is -2.00. The summed E-state index contributed by atoms with van der Waals surface area (Å²) in [7, 11) is 0. The third kappa shape index (κ3) is 11.6. The van der Waals surface area contributed by atoms with Gasteiger partial charge in [0.15, 0.2) is 34.9 Å². The molecule has 540 valence electrons. The highest BCUT2D eigenvalue weighted by molar-refractivity contribution is 7.26. The van der Waals surface area contributed by atoms with Gasteiger partial charge in [-0.25, -0.2) is 29.9 Å². The van der Waals surface area contributed by atoms with Crippen LogP contribution in [0.1, 0.15) is 0 Å². The highest BCUT2D eigenvalue weighted by Gasteiger charge is 2.22. The second-order valence-electron chi connectivity index (χ2n) is 29.5. The Morgan fingerprint density at radius 2 is 0.491 bits per heavy atom. The summed E-state index contributed by atoms with van der Waals surface area (Å²) in [6.45, 7) is 0. The van der Waals surface area contributed by atoms with Crippen molar-refractivity contribution in [3.05, 3.63) is 376 Å². The van der Waals surface area contributed by atoms with Crippen LogP contribution < -0.4 is 0 Å². The molecule has 0 aliphatic carbocycles. The minimum Gasteiger partial charge on any atom is -0.456 e. The number of hydrogen-bond donors (Lipinski definition) is 0. The zero-order valence-electron chi connectivity index (χ0n) is 62.1. The lowest BCUT2D eigenvalue weighted by molar-refractivity contribution is 0.668. The molecule has 8 nitrogen and oxygen atoms in total. The van der Waals surface area contributed by atoms with Crippen LogP contribution in [0, 0.1) is 0 Å². The first-order valence-corrected chi connectivity index (χ1v) is 40.5. The molecule has 0 unspecified atom stereocenters. The Morgan fingerprint density at radius 3 is 1.01 bits per heavy atom. The van der Waals surface area contributed by atoms with E-state index in [0.717, 1.165) is 111 Å². The van der Waals surface area contributed by atoms with Crippen molar-refractivity contribution in [1.82, 2.24) is 29.9 Å². The molecule has 0 saturated heterocycles. The largest absolute Gasteiger partial charge is 0.456 e. The Bertz CT molecular complexity index is 8090. The van der Waals surface area contributed by atoms with Gasteiger partial charge < -0.3 is 8.83 Å². The summed E-state index contributed by atoms with van der Waals surface area (Å²) in [4.78, 5) is 30.4. The molecule has 0 aliphatic heterocycles. The van der Waals surface area contributed by atoms with E-state index in [-0.39, 0.29) is 0 Å². The van der Waals surface area contributed by atoms with Gasteiger partial charge in [-0.15, -0.1) is 22.7 Å². The number of hydrogen-bond acceptors (Lipinski definition) is 10. The van der Waals surface area contributed by atoms with E-state index in [9.17, 15) is 0 Å². The Morgan fingerprint density at radius 1 is 0.164 bits per heavy atom. The fraction of sp³-hybridized carbons (Fsp3) is 0. The average Bonchev–Trinajstić information content (AvgIpc) is 1.55. The Balaban J connectivity index is 0.000000137. The third-order valence-corrected chi connectivity index (χ3v) is 25.0. The van der Waals surface area contributed by atoms with Crippen molar-refractivity contribution in [2.45, 2.75) is 0 Å². The van der Waals surface area contributed by atoms with Crippen LogP contribution in [0.25, 0.3) is 240 Å². The van der Waals surface area contributed by atoms with Crippen molar-refractivity contribution >= 4 is 150 Å². The first-order chi connectivity index (χ1) is 57.4. The first kappa shape index (κ1) is 66.8. The lowest BCUT2D eigenvalue weighted by atomic mass is 9.95. The van der Waals surface area contributed by atoms with Crippen LogP contribution in [0.15, 0.2) is 385 Å². The molecule has 10 heteroatoms. The second kappa shape index (κ2) is 27.5. The van der Waals surface area contributed by atoms with E-state index >= 15 is 0 Å². The van der Waals surface area contributed by atoms with Crippen molar-refractivity contribution < 1.29 is 8.83 Å². The minimum absolute atomic E-state index is 0.630. The molecular weight excluding hydrogens is 1450 g/mol. The van der Waals surface area contributed by atoms with Gasteiger partial charge in [0, 0.05) is 95.3 Å². The van der Waals surface area contributed by atoms with Gasteiger partial charge in [-0.1, -0.05) is 291 Å². The van der Waals surface area contributed by atoms with Crippen molar-refractivity contribution in [2.75, 3.05) is 0 Å². The number of thiophene rings is 2. The maximum atomic E-state index is 6.46. The van der Waals surface area contributed by atoms with Crippen LogP contribution in [0.3, 0.4) is 0 Å². The second-order valence-corrected chi connectivity index (χ2v) is 31.7. The quantitative estimate of drug-likeness (QED) is 0.125. The van der Waals surface area contributed by atoms with Gasteiger partial charge in [0.05, 0.1) is 0 Å². The molecular formula is C106H62N6O2S2. The average molecular weight is 1520 g/mol. The van der Waals surface area contributed by atoms with E-state index in [1.54, 1.807) is 11.3 Å². The molecule has 24 aromatic rings. The monoisotopic (exact) mass is 1510 g/mol. The smallest absolute Gasteiger partial charge is 0.164 e. The summed E-state index contributed by atoms with van der Waals surface area (Å²) in [5.74, 6) is 3.86. The molecule has 6 aromatic heterocycles. The van der Waals surface area contributed by atoms with E-state index in [1.165, 1.54) is 94.6 Å². The zero-order chi connectivity index (χ0) is 76.3. The number of benzene rings is 18. The van der Waals surface area contributed by atoms with E-state index in [1.807, 2.05) is 59.9 Å². The molecule has 0 saturated carbocycles. The molecule has 0 radical (unpaired) electrons. The number of furan rings is 2. The molecule has 0 N–H and O–H groups in total. The van der Waals surface area contributed by atoms with Crippen LogP contribution in [-0.4, -0.2) is 29.9 Å². The highest BCUT2D eigenvalue weighted by Crippen LogP contribution is 2.46.